The molecular formula is C11H17N3O. The van der Waals surface area contributed by atoms with E-state index in [9.17, 15) is 0 Å². The van der Waals surface area contributed by atoms with Crippen molar-refractivity contribution >= 4 is 0 Å². The van der Waals surface area contributed by atoms with Crippen LogP contribution in [0.1, 0.15) is 62.2 Å². The third-order valence-corrected chi connectivity index (χ3v) is 3.59. The molecule has 0 saturated heterocycles. The summed E-state index contributed by atoms with van der Waals surface area (Å²) in [6, 6.07) is 0.00361. The van der Waals surface area contributed by atoms with Crippen LogP contribution >= 0.6 is 0 Å². The minimum absolute atomic E-state index is 0.00361. The number of nitrogens with two attached hydrogens (primary N) is 1. The van der Waals surface area contributed by atoms with Gasteiger partial charge in [0.15, 0.2) is 5.82 Å². The van der Waals surface area contributed by atoms with Crippen molar-refractivity contribution < 1.29 is 4.52 Å². The Kier molecular flexibility index (Phi) is 2.24. The molecule has 4 heteroatoms. The van der Waals surface area contributed by atoms with Gasteiger partial charge in [0.1, 0.15) is 0 Å². The molecule has 3 rings (SSSR count). The lowest BCUT2D eigenvalue weighted by Crippen LogP contribution is -2.14. The Hall–Kier alpha value is -0.900. The fourth-order valence-electron chi connectivity index (χ4n) is 2.39. The standard InChI is InChI=1S/C11H17N3O/c12-9(7-5-6-7)10-13-11(15-14-10)8-3-1-2-4-8/h7-9H,1-6,12H2. The van der Waals surface area contributed by atoms with E-state index in [4.69, 9.17) is 10.3 Å². The maximum atomic E-state index is 6.03. The number of hydrogen-bond donors (Lipinski definition) is 1. The van der Waals surface area contributed by atoms with E-state index in [2.05, 4.69) is 10.1 Å². The number of rotatable bonds is 3. The average molecular weight is 207 g/mol. The molecule has 15 heavy (non-hydrogen) atoms. The highest BCUT2D eigenvalue weighted by Crippen LogP contribution is 2.39. The third-order valence-electron chi connectivity index (χ3n) is 3.59. The third kappa shape index (κ3) is 1.78. The summed E-state index contributed by atoms with van der Waals surface area (Å²) in [5, 5.41) is 4.01. The Morgan fingerprint density at radius 2 is 1.93 bits per heavy atom. The van der Waals surface area contributed by atoms with Crippen LogP contribution < -0.4 is 5.73 Å². The normalized spacial score (nSPS) is 24.6. The summed E-state index contributed by atoms with van der Waals surface area (Å²) in [4.78, 5) is 4.45. The highest BCUT2D eigenvalue weighted by Gasteiger charge is 2.33. The zero-order valence-corrected chi connectivity index (χ0v) is 8.85. The van der Waals surface area contributed by atoms with Crippen molar-refractivity contribution in [2.24, 2.45) is 11.7 Å². The topological polar surface area (TPSA) is 64.9 Å². The molecule has 2 N–H and O–H groups in total. The van der Waals surface area contributed by atoms with Crippen molar-refractivity contribution in [2.75, 3.05) is 0 Å². The Labute approximate surface area is 89.2 Å². The Balaban J connectivity index is 1.74. The number of nitrogens with zero attached hydrogens (tertiary/aromatic N) is 2. The molecule has 1 atom stereocenters. The minimum atomic E-state index is 0.00361. The van der Waals surface area contributed by atoms with Gasteiger partial charge in [0.05, 0.1) is 6.04 Å². The van der Waals surface area contributed by atoms with Crippen molar-refractivity contribution in [1.82, 2.24) is 10.1 Å². The zero-order chi connectivity index (χ0) is 10.3. The molecule has 0 aromatic carbocycles. The highest BCUT2D eigenvalue weighted by molar-refractivity contribution is 5.03. The molecule has 1 aromatic rings. The van der Waals surface area contributed by atoms with Crippen molar-refractivity contribution in [3.8, 4) is 0 Å². The predicted molar refractivity (Wildman–Crippen MR) is 55.2 cm³/mol. The first-order chi connectivity index (χ1) is 7.34. The highest BCUT2D eigenvalue weighted by atomic mass is 16.5. The lowest BCUT2D eigenvalue weighted by Gasteiger charge is -2.02. The van der Waals surface area contributed by atoms with Crippen molar-refractivity contribution in [3.63, 3.8) is 0 Å². The van der Waals surface area contributed by atoms with Gasteiger partial charge in [-0.3, -0.25) is 0 Å². The SMILES string of the molecule is NC(c1noc(C2CCCC2)n1)C1CC1. The van der Waals surface area contributed by atoms with Crippen LogP contribution in [0.3, 0.4) is 0 Å². The van der Waals surface area contributed by atoms with Crippen molar-refractivity contribution in [1.29, 1.82) is 0 Å². The summed E-state index contributed by atoms with van der Waals surface area (Å²) in [6.07, 6.45) is 7.40. The van der Waals surface area contributed by atoms with Gasteiger partial charge in [0.2, 0.25) is 5.89 Å². The molecule has 4 nitrogen and oxygen atoms in total. The fourth-order valence-corrected chi connectivity index (χ4v) is 2.39. The van der Waals surface area contributed by atoms with Gasteiger partial charge < -0.3 is 10.3 Å². The summed E-state index contributed by atoms with van der Waals surface area (Å²) in [6.45, 7) is 0. The summed E-state index contributed by atoms with van der Waals surface area (Å²) in [5.41, 5.74) is 6.03. The first-order valence-corrected chi connectivity index (χ1v) is 5.93. The predicted octanol–water partition coefficient (Wildman–Crippen LogP) is 2.14. The fraction of sp³-hybridized carbons (Fsp3) is 0.818. The van der Waals surface area contributed by atoms with Gasteiger partial charge in [-0.15, -0.1) is 0 Å². The van der Waals surface area contributed by atoms with Crippen LogP contribution in [0.4, 0.5) is 0 Å². The quantitative estimate of drug-likeness (QED) is 0.824. The maximum absolute atomic E-state index is 6.03. The van der Waals surface area contributed by atoms with E-state index in [-0.39, 0.29) is 6.04 Å². The number of aromatic nitrogens is 2. The molecular weight excluding hydrogens is 190 g/mol. The molecule has 1 aromatic heterocycles. The summed E-state index contributed by atoms with van der Waals surface area (Å²) in [5.74, 6) is 2.63. The lowest BCUT2D eigenvalue weighted by atomic mass is 10.1. The zero-order valence-electron chi connectivity index (χ0n) is 8.85. The van der Waals surface area contributed by atoms with E-state index in [0.29, 0.717) is 11.8 Å². The van der Waals surface area contributed by atoms with E-state index in [1.807, 2.05) is 0 Å². The van der Waals surface area contributed by atoms with Crippen LogP contribution in [-0.4, -0.2) is 10.1 Å². The smallest absolute Gasteiger partial charge is 0.229 e. The molecule has 2 aliphatic carbocycles. The van der Waals surface area contributed by atoms with Gasteiger partial charge >= 0.3 is 0 Å². The van der Waals surface area contributed by atoms with Crippen LogP contribution in [-0.2, 0) is 0 Å². The maximum Gasteiger partial charge on any atom is 0.229 e. The minimum Gasteiger partial charge on any atom is -0.339 e. The molecule has 0 spiro atoms. The van der Waals surface area contributed by atoms with Crippen LogP contribution in [0.15, 0.2) is 4.52 Å². The van der Waals surface area contributed by atoms with Crippen LogP contribution in [0.25, 0.3) is 0 Å². The number of hydrogen-bond acceptors (Lipinski definition) is 4. The van der Waals surface area contributed by atoms with Crippen LogP contribution in [0, 0.1) is 5.92 Å². The van der Waals surface area contributed by atoms with Gasteiger partial charge in [0.25, 0.3) is 0 Å². The van der Waals surface area contributed by atoms with Gasteiger partial charge in [-0.05, 0) is 31.6 Å². The molecule has 0 bridgehead atoms. The molecule has 2 saturated carbocycles. The van der Waals surface area contributed by atoms with E-state index >= 15 is 0 Å². The van der Waals surface area contributed by atoms with Gasteiger partial charge in [-0.1, -0.05) is 18.0 Å². The van der Waals surface area contributed by atoms with Crippen molar-refractivity contribution in [3.05, 3.63) is 11.7 Å². The van der Waals surface area contributed by atoms with Gasteiger partial charge in [-0.2, -0.15) is 4.98 Å². The molecule has 0 amide bonds. The molecule has 2 aliphatic rings. The van der Waals surface area contributed by atoms with E-state index in [1.54, 1.807) is 0 Å². The Morgan fingerprint density at radius 3 is 2.60 bits per heavy atom. The van der Waals surface area contributed by atoms with Gasteiger partial charge in [-0.25, -0.2) is 0 Å². The lowest BCUT2D eigenvalue weighted by molar-refractivity contribution is 0.346. The van der Waals surface area contributed by atoms with Gasteiger partial charge in [0, 0.05) is 5.92 Å². The Bertz CT molecular complexity index is 323. The monoisotopic (exact) mass is 207 g/mol. The molecule has 0 radical (unpaired) electrons. The molecule has 1 heterocycles. The van der Waals surface area contributed by atoms with Crippen LogP contribution in [0.2, 0.25) is 0 Å². The van der Waals surface area contributed by atoms with Crippen molar-refractivity contribution in [2.45, 2.75) is 50.5 Å². The second-order valence-corrected chi connectivity index (χ2v) is 4.84. The summed E-state index contributed by atoms with van der Waals surface area (Å²) >= 11 is 0. The molecule has 0 aliphatic heterocycles. The summed E-state index contributed by atoms with van der Waals surface area (Å²) < 4.78 is 5.31. The summed E-state index contributed by atoms with van der Waals surface area (Å²) in [7, 11) is 0. The molecule has 1 unspecified atom stereocenters. The largest absolute Gasteiger partial charge is 0.339 e. The van der Waals surface area contributed by atoms with E-state index in [0.717, 1.165) is 11.7 Å². The molecule has 82 valence electrons. The average Bonchev–Trinajstić information content (AvgIpc) is 2.80. The second-order valence-electron chi connectivity index (χ2n) is 4.84. The van der Waals surface area contributed by atoms with Crippen LogP contribution in [0.5, 0.6) is 0 Å². The Morgan fingerprint density at radius 1 is 1.20 bits per heavy atom. The first-order valence-electron chi connectivity index (χ1n) is 5.93. The van der Waals surface area contributed by atoms with E-state index < -0.39 is 0 Å². The second kappa shape index (κ2) is 3.59. The van der Waals surface area contributed by atoms with E-state index in [1.165, 1.54) is 38.5 Å². The first kappa shape index (κ1) is 9.33. The molecule has 2 fully saturated rings.